The second-order valence-corrected chi connectivity index (χ2v) is 8.47. The summed E-state index contributed by atoms with van der Waals surface area (Å²) in [5, 5.41) is 1.09. The summed E-state index contributed by atoms with van der Waals surface area (Å²) in [6.07, 6.45) is 5.02. The third-order valence-electron chi connectivity index (χ3n) is 6.11. The fraction of sp³-hybridized carbons (Fsp3) is 0.650. The van der Waals surface area contributed by atoms with Crippen molar-refractivity contribution in [3.8, 4) is 5.75 Å². The lowest BCUT2D eigenvalue weighted by Gasteiger charge is -2.39. The second-order valence-electron chi connectivity index (χ2n) is 7.63. The quantitative estimate of drug-likeness (QED) is 0.745. The molecule has 1 aliphatic carbocycles. The number of rotatable bonds is 4. The summed E-state index contributed by atoms with van der Waals surface area (Å²) in [6, 6.07) is 3.74. The van der Waals surface area contributed by atoms with E-state index in [1.165, 1.54) is 0 Å². The predicted molar refractivity (Wildman–Crippen MR) is 103 cm³/mol. The van der Waals surface area contributed by atoms with Crippen LogP contribution in [-0.4, -0.2) is 49.5 Å². The Morgan fingerprint density at radius 2 is 1.89 bits per heavy atom. The highest BCUT2D eigenvalue weighted by Gasteiger charge is 2.44. The number of carbonyl (C=O) groups excluding carboxylic acids is 1. The van der Waals surface area contributed by atoms with Gasteiger partial charge >= 0.3 is 0 Å². The topological polar surface area (TPSA) is 48.0 Å². The van der Waals surface area contributed by atoms with Crippen molar-refractivity contribution in [1.82, 2.24) is 4.90 Å². The maximum atomic E-state index is 13.1. The Balaban J connectivity index is 1.41. The molecule has 0 N–H and O–H groups in total. The first-order valence-electron chi connectivity index (χ1n) is 9.62. The molecule has 1 atom stereocenters. The van der Waals surface area contributed by atoms with Gasteiger partial charge in [0, 0.05) is 47.0 Å². The highest BCUT2D eigenvalue weighted by atomic mass is 35.5. The Bertz CT molecular complexity index is 710. The minimum absolute atomic E-state index is 0.0626. The third-order valence-corrected chi connectivity index (χ3v) is 6.67. The third kappa shape index (κ3) is 3.80. The molecule has 2 heterocycles. The molecule has 3 aliphatic rings. The number of carbonyl (C=O) groups is 1. The fourth-order valence-electron chi connectivity index (χ4n) is 4.66. The molecular weight excluding hydrogens is 389 g/mol. The summed E-state index contributed by atoms with van der Waals surface area (Å²) in [4.78, 5) is 15.1. The van der Waals surface area contributed by atoms with E-state index in [0.29, 0.717) is 35.4 Å². The summed E-state index contributed by atoms with van der Waals surface area (Å²) >= 11 is 12.4. The number of hydrogen-bond donors (Lipinski definition) is 0. The lowest BCUT2D eigenvalue weighted by Crippen LogP contribution is -2.45. The van der Waals surface area contributed by atoms with Crippen molar-refractivity contribution in [2.24, 2.45) is 5.92 Å². The van der Waals surface area contributed by atoms with Gasteiger partial charge in [0.1, 0.15) is 5.75 Å². The van der Waals surface area contributed by atoms with E-state index in [1.807, 2.05) is 0 Å². The van der Waals surface area contributed by atoms with Crippen LogP contribution < -0.4 is 4.74 Å². The zero-order chi connectivity index (χ0) is 19.0. The van der Waals surface area contributed by atoms with Crippen LogP contribution in [0.1, 0.15) is 37.7 Å². The number of likely N-dealkylation sites (tertiary alicyclic amines) is 1. The van der Waals surface area contributed by atoms with Gasteiger partial charge in [-0.3, -0.25) is 4.79 Å². The Morgan fingerprint density at radius 1 is 1.19 bits per heavy atom. The van der Waals surface area contributed by atoms with Gasteiger partial charge in [0.2, 0.25) is 5.91 Å². The normalized spacial score (nSPS) is 25.5. The highest BCUT2D eigenvalue weighted by molar-refractivity contribution is 6.35. The van der Waals surface area contributed by atoms with Gasteiger partial charge < -0.3 is 19.1 Å². The molecule has 1 aromatic carbocycles. The largest absolute Gasteiger partial charge is 0.496 e. The van der Waals surface area contributed by atoms with Gasteiger partial charge in [-0.2, -0.15) is 0 Å². The number of halogens is 2. The Kier molecular flexibility index (Phi) is 5.57. The molecule has 7 heteroatoms. The van der Waals surface area contributed by atoms with Crippen molar-refractivity contribution in [1.29, 1.82) is 0 Å². The SMILES string of the molecule is COc1cc(Cl)cc(Cl)c1CC1CCN(C2CCC3(CC2)OCCO3)C1=O. The molecule has 0 radical (unpaired) electrons. The molecule has 1 spiro atoms. The van der Waals surface area contributed by atoms with E-state index in [0.717, 1.165) is 44.2 Å². The standard InChI is InChI=1S/C20H25Cl2NO4/c1-25-18-12-14(21)11-17(22)16(18)10-13-4-7-23(19(13)24)15-2-5-20(6-3-15)26-8-9-27-20/h11-13,15H,2-10H2,1H3. The van der Waals surface area contributed by atoms with E-state index >= 15 is 0 Å². The molecule has 3 fully saturated rings. The zero-order valence-electron chi connectivity index (χ0n) is 15.5. The summed E-state index contributed by atoms with van der Waals surface area (Å²) < 4.78 is 17.0. The first-order chi connectivity index (χ1) is 13.0. The zero-order valence-corrected chi connectivity index (χ0v) is 17.0. The molecule has 148 valence electrons. The van der Waals surface area contributed by atoms with Crippen LogP contribution in [0.15, 0.2) is 12.1 Å². The Labute approximate surface area is 169 Å². The van der Waals surface area contributed by atoms with E-state index in [4.69, 9.17) is 37.4 Å². The van der Waals surface area contributed by atoms with Gasteiger partial charge in [-0.25, -0.2) is 0 Å². The second kappa shape index (κ2) is 7.78. The lowest BCUT2D eigenvalue weighted by atomic mass is 9.89. The summed E-state index contributed by atoms with van der Waals surface area (Å²) in [5.41, 5.74) is 0.860. The van der Waals surface area contributed by atoms with E-state index in [-0.39, 0.29) is 23.7 Å². The number of nitrogens with zero attached hydrogens (tertiary/aromatic N) is 1. The molecule has 2 saturated heterocycles. The minimum atomic E-state index is -0.386. The average Bonchev–Trinajstić information content (AvgIpc) is 3.25. The summed E-state index contributed by atoms with van der Waals surface area (Å²) in [7, 11) is 1.60. The Hall–Kier alpha value is -1.01. The van der Waals surface area contributed by atoms with Crippen molar-refractivity contribution >= 4 is 29.1 Å². The molecule has 1 amide bonds. The van der Waals surface area contributed by atoms with Crippen LogP contribution in [0.4, 0.5) is 0 Å². The van der Waals surface area contributed by atoms with Crippen molar-refractivity contribution in [2.75, 3.05) is 26.9 Å². The fourth-order valence-corrected chi connectivity index (χ4v) is 5.21. The molecule has 2 aliphatic heterocycles. The van der Waals surface area contributed by atoms with Gasteiger partial charge in [0.05, 0.1) is 20.3 Å². The van der Waals surface area contributed by atoms with Crippen LogP contribution in [-0.2, 0) is 20.7 Å². The van der Waals surface area contributed by atoms with Crippen molar-refractivity contribution in [2.45, 2.75) is 50.4 Å². The van der Waals surface area contributed by atoms with E-state index < -0.39 is 0 Å². The maximum Gasteiger partial charge on any atom is 0.226 e. The van der Waals surface area contributed by atoms with Crippen LogP contribution in [0.5, 0.6) is 5.75 Å². The van der Waals surface area contributed by atoms with Gasteiger partial charge in [-0.1, -0.05) is 23.2 Å². The van der Waals surface area contributed by atoms with E-state index in [1.54, 1.807) is 19.2 Å². The first-order valence-corrected chi connectivity index (χ1v) is 10.4. The van der Waals surface area contributed by atoms with E-state index in [9.17, 15) is 4.79 Å². The number of methoxy groups -OCH3 is 1. The molecule has 1 saturated carbocycles. The molecule has 4 rings (SSSR count). The van der Waals surface area contributed by atoms with Crippen molar-refractivity contribution in [3.05, 3.63) is 27.7 Å². The Morgan fingerprint density at radius 3 is 2.56 bits per heavy atom. The van der Waals surface area contributed by atoms with Gasteiger partial charge in [0.15, 0.2) is 5.79 Å². The molecule has 1 unspecified atom stereocenters. The van der Waals surface area contributed by atoms with Crippen LogP contribution in [0.3, 0.4) is 0 Å². The van der Waals surface area contributed by atoms with Gasteiger partial charge in [-0.05, 0) is 37.8 Å². The number of ether oxygens (including phenoxy) is 3. The minimum Gasteiger partial charge on any atom is -0.496 e. The molecule has 0 aromatic heterocycles. The summed E-state index contributed by atoms with van der Waals surface area (Å²) in [5.74, 6) is 0.418. The molecule has 27 heavy (non-hydrogen) atoms. The van der Waals surface area contributed by atoms with Gasteiger partial charge in [0.25, 0.3) is 0 Å². The van der Waals surface area contributed by atoms with Crippen LogP contribution in [0.2, 0.25) is 10.0 Å². The molecule has 1 aromatic rings. The lowest BCUT2D eigenvalue weighted by molar-refractivity contribution is -0.184. The number of hydrogen-bond acceptors (Lipinski definition) is 4. The maximum absolute atomic E-state index is 13.1. The van der Waals surface area contributed by atoms with Crippen LogP contribution in [0, 0.1) is 5.92 Å². The smallest absolute Gasteiger partial charge is 0.226 e. The summed E-state index contributed by atoms with van der Waals surface area (Å²) in [6.45, 7) is 2.16. The van der Waals surface area contributed by atoms with Crippen molar-refractivity contribution in [3.63, 3.8) is 0 Å². The van der Waals surface area contributed by atoms with Gasteiger partial charge in [-0.15, -0.1) is 0 Å². The predicted octanol–water partition coefficient (Wildman–Crippen LogP) is 4.08. The number of amides is 1. The first kappa shape index (κ1) is 19.3. The number of benzene rings is 1. The molecular formula is C20H25Cl2NO4. The van der Waals surface area contributed by atoms with Crippen LogP contribution in [0.25, 0.3) is 0 Å². The van der Waals surface area contributed by atoms with Crippen molar-refractivity contribution < 1.29 is 19.0 Å². The average molecular weight is 414 g/mol. The van der Waals surface area contributed by atoms with Crippen LogP contribution >= 0.6 is 23.2 Å². The highest BCUT2D eigenvalue weighted by Crippen LogP contribution is 2.40. The molecule has 5 nitrogen and oxygen atoms in total. The van der Waals surface area contributed by atoms with E-state index in [2.05, 4.69) is 4.90 Å². The molecule has 0 bridgehead atoms. The monoisotopic (exact) mass is 413 g/mol.